The second-order valence-corrected chi connectivity index (χ2v) is 7.57. The predicted octanol–water partition coefficient (Wildman–Crippen LogP) is 3.88. The van der Waals surface area contributed by atoms with Crippen LogP contribution < -0.4 is 15.4 Å². The largest absolute Gasteiger partial charge is 0.497 e. The van der Waals surface area contributed by atoms with Crippen molar-refractivity contribution in [3.8, 4) is 5.75 Å². The molecular formula is C25H35IN6O. The molecule has 0 aliphatic heterocycles. The number of hydrogen-bond donors (Lipinski definition) is 2. The van der Waals surface area contributed by atoms with Gasteiger partial charge in [-0.1, -0.05) is 49.4 Å². The maximum Gasteiger partial charge on any atom is 0.191 e. The van der Waals surface area contributed by atoms with E-state index in [1.165, 1.54) is 11.1 Å². The van der Waals surface area contributed by atoms with E-state index in [1.54, 1.807) is 13.4 Å². The summed E-state index contributed by atoms with van der Waals surface area (Å²) in [6.07, 6.45) is 5.62. The van der Waals surface area contributed by atoms with Gasteiger partial charge < -0.3 is 19.9 Å². The summed E-state index contributed by atoms with van der Waals surface area (Å²) in [4.78, 5) is 4.79. The number of nitrogens with zero attached hydrogens (tertiary/aromatic N) is 4. The molecule has 0 unspecified atom stereocenters. The molecule has 0 amide bonds. The third kappa shape index (κ3) is 9.41. The predicted molar refractivity (Wildman–Crippen MR) is 145 cm³/mol. The number of ether oxygens (including phenoxy) is 1. The molecule has 0 saturated heterocycles. The maximum atomic E-state index is 5.23. The van der Waals surface area contributed by atoms with Gasteiger partial charge in [-0.3, -0.25) is 4.99 Å². The van der Waals surface area contributed by atoms with Crippen molar-refractivity contribution in [2.24, 2.45) is 4.99 Å². The summed E-state index contributed by atoms with van der Waals surface area (Å²) in [5, 5.41) is 15.1. The fraction of sp³-hybridized carbons (Fsp3) is 0.400. The molecule has 0 bridgehead atoms. The zero-order valence-corrected chi connectivity index (χ0v) is 21.9. The summed E-state index contributed by atoms with van der Waals surface area (Å²) >= 11 is 0. The first kappa shape index (κ1) is 26.6. The van der Waals surface area contributed by atoms with E-state index in [9.17, 15) is 0 Å². The van der Waals surface area contributed by atoms with Gasteiger partial charge in [0.25, 0.3) is 0 Å². The summed E-state index contributed by atoms with van der Waals surface area (Å²) in [5.74, 6) is 2.72. The number of nitrogens with one attached hydrogen (secondary N) is 2. The topological polar surface area (TPSA) is 76.4 Å². The van der Waals surface area contributed by atoms with Crippen molar-refractivity contribution >= 4 is 29.9 Å². The molecule has 178 valence electrons. The van der Waals surface area contributed by atoms with Gasteiger partial charge in [0.1, 0.15) is 17.9 Å². The number of aryl methyl sites for hydroxylation is 2. The van der Waals surface area contributed by atoms with Crippen LogP contribution in [0.3, 0.4) is 0 Å². The Labute approximate surface area is 214 Å². The molecule has 0 radical (unpaired) electrons. The van der Waals surface area contributed by atoms with Crippen LogP contribution in [0, 0.1) is 0 Å². The normalized spacial score (nSPS) is 11.0. The van der Waals surface area contributed by atoms with E-state index >= 15 is 0 Å². The molecular weight excluding hydrogens is 527 g/mol. The Morgan fingerprint density at radius 1 is 0.970 bits per heavy atom. The van der Waals surface area contributed by atoms with Crippen LogP contribution in [0.2, 0.25) is 0 Å². The molecule has 1 heterocycles. The van der Waals surface area contributed by atoms with Gasteiger partial charge in [-0.05, 0) is 42.5 Å². The van der Waals surface area contributed by atoms with Crippen LogP contribution in [0.15, 0.2) is 65.9 Å². The van der Waals surface area contributed by atoms with Crippen LogP contribution in [-0.4, -0.2) is 47.5 Å². The first-order valence-corrected chi connectivity index (χ1v) is 11.3. The number of benzene rings is 2. The fourth-order valence-electron chi connectivity index (χ4n) is 3.44. The third-order valence-electron chi connectivity index (χ3n) is 5.26. The van der Waals surface area contributed by atoms with Crippen molar-refractivity contribution in [3.63, 3.8) is 0 Å². The Morgan fingerprint density at radius 2 is 1.70 bits per heavy atom. The molecule has 0 saturated carbocycles. The van der Waals surface area contributed by atoms with Crippen LogP contribution in [-0.2, 0) is 25.8 Å². The Balaban J connectivity index is 0.00000385. The van der Waals surface area contributed by atoms with Crippen molar-refractivity contribution in [2.45, 2.75) is 39.2 Å². The molecule has 3 rings (SSSR count). The van der Waals surface area contributed by atoms with Crippen LogP contribution >= 0.6 is 24.0 Å². The monoisotopic (exact) mass is 562 g/mol. The molecule has 0 atom stereocenters. The average Bonchev–Trinajstić information content (AvgIpc) is 3.30. The number of hydrogen-bond acceptors (Lipinski definition) is 4. The molecule has 0 aliphatic rings. The molecule has 7 nitrogen and oxygen atoms in total. The first-order valence-electron chi connectivity index (χ1n) is 11.3. The Hall–Kier alpha value is -2.62. The highest BCUT2D eigenvalue weighted by Gasteiger charge is 2.03. The Bertz CT molecular complexity index is 943. The van der Waals surface area contributed by atoms with Gasteiger partial charge in [-0.15, -0.1) is 34.2 Å². The van der Waals surface area contributed by atoms with Crippen LogP contribution in [0.5, 0.6) is 5.75 Å². The van der Waals surface area contributed by atoms with Crippen molar-refractivity contribution in [1.82, 2.24) is 25.4 Å². The fourth-order valence-corrected chi connectivity index (χ4v) is 3.44. The zero-order valence-electron chi connectivity index (χ0n) is 19.5. The van der Waals surface area contributed by atoms with Gasteiger partial charge in [0.15, 0.2) is 5.96 Å². The van der Waals surface area contributed by atoms with Gasteiger partial charge in [0.2, 0.25) is 0 Å². The third-order valence-corrected chi connectivity index (χ3v) is 5.26. The molecule has 1 aromatic heterocycles. The SMILES string of the molecule is CCc1nncn1CCNC(=NCCCc1ccccc1)NCCc1ccc(OC)cc1.I. The minimum Gasteiger partial charge on any atom is -0.497 e. The van der Waals surface area contributed by atoms with Gasteiger partial charge in [-0.2, -0.15) is 0 Å². The van der Waals surface area contributed by atoms with Crippen molar-refractivity contribution in [2.75, 3.05) is 26.7 Å². The highest BCUT2D eigenvalue weighted by molar-refractivity contribution is 14.0. The molecule has 2 aromatic carbocycles. The van der Waals surface area contributed by atoms with Crippen LogP contribution in [0.4, 0.5) is 0 Å². The van der Waals surface area contributed by atoms with Crippen molar-refractivity contribution in [1.29, 1.82) is 0 Å². The van der Waals surface area contributed by atoms with E-state index in [0.29, 0.717) is 0 Å². The van der Waals surface area contributed by atoms with E-state index in [0.717, 1.165) is 69.4 Å². The molecule has 2 N–H and O–H groups in total. The van der Waals surface area contributed by atoms with E-state index < -0.39 is 0 Å². The van der Waals surface area contributed by atoms with Gasteiger partial charge >= 0.3 is 0 Å². The van der Waals surface area contributed by atoms with E-state index in [1.807, 2.05) is 12.1 Å². The zero-order chi connectivity index (χ0) is 22.4. The number of halogens is 1. The van der Waals surface area contributed by atoms with Gasteiger partial charge in [0, 0.05) is 32.6 Å². The quantitative estimate of drug-likeness (QED) is 0.152. The van der Waals surface area contributed by atoms with Crippen LogP contribution in [0.1, 0.15) is 30.3 Å². The Morgan fingerprint density at radius 3 is 2.42 bits per heavy atom. The standard InChI is InChI=1S/C25H34N6O.HI/c1-3-24-30-29-20-31(24)19-18-28-25(26-16-7-10-21-8-5-4-6-9-21)27-17-15-22-11-13-23(32-2)14-12-22;/h4-6,8-9,11-14,20H,3,7,10,15-19H2,1-2H3,(H2,26,27,28);1H. The molecule has 33 heavy (non-hydrogen) atoms. The lowest BCUT2D eigenvalue weighted by Gasteiger charge is -2.14. The van der Waals surface area contributed by atoms with E-state index in [4.69, 9.17) is 9.73 Å². The van der Waals surface area contributed by atoms with E-state index in [-0.39, 0.29) is 24.0 Å². The van der Waals surface area contributed by atoms with Crippen molar-refractivity contribution < 1.29 is 4.74 Å². The van der Waals surface area contributed by atoms with Crippen molar-refractivity contribution in [3.05, 3.63) is 77.9 Å². The number of guanidine groups is 1. The first-order chi connectivity index (χ1) is 15.8. The summed E-state index contributed by atoms with van der Waals surface area (Å²) in [7, 11) is 1.69. The summed E-state index contributed by atoms with van der Waals surface area (Å²) in [6.45, 7) is 5.25. The number of rotatable bonds is 12. The lowest BCUT2D eigenvalue weighted by atomic mass is 10.1. The average molecular weight is 563 g/mol. The highest BCUT2D eigenvalue weighted by atomic mass is 127. The second-order valence-electron chi connectivity index (χ2n) is 7.57. The van der Waals surface area contributed by atoms with Gasteiger partial charge in [-0.25, -0.2) is 0 Å². The molecule has 3 aromatic rings. The highest BCUT2D eigenvalue weighted by Crippen LogP contribution is 2.11. The summed E-state index contributed by atoms with van der Waals surface area (Å²) in [6, 6.07) is 18.7. The van der Waals surface area contributed by atoms with Gasteiger partial charge in [0.05, 0.1) is 7.11 Å². The number of aromatic nitrogens is 3. The Kier molecular flexibility index (Phi) is 12.3. The lowest BCUT2D eigenvalue weighted by Crippen LogP contribution is -2.40. The molecule has 0 spiro atoms. The van der Waals surface area contributed by atoms with Crippen LogP contribution in [0.25, 0.3) is 0 Å². The summed E-state index contributed by atoms with van der Waals surface area (Å²) < 4.78 is 7.32. The molecule has 0 fully saturated rings. The number of aliphatic imine (C=N–C) groups is 1. The maximum absolute atomic E-state index is 5.23. The van der Waals surface area contributed by atoms with E-state index in [2.05, 4.69) is 74.8 Å². The second kappa shape index (κ2) is 15.3. The lowest BCUT2D eigenvalue weighted by molar-refractivity contribution is 0.414. The summed E-state index contributed by atoms with van der Waals surface area (Å²) in [5.41, 5.74) is 2.61. The molecule has 0 aliphatic carbocycles. The number of methoxy groups -OCH3 is 1. The smallest absolute Gasteiger partial charge is 0.191 e. The minimum absolute atomic E-state index is 0. The minimum atomic E-state index is 0. The molecule has 8 heteroatoms.